The average Bonchev–Trinajstić information content (AvgIpc) is 2.85. The number of Topliss-reactive ketones (excluding diaryl/α,β-unsaturated/α-hetero) is 2. The van der Waals surface area contributed by atoms with E-state index in [1.807, 2.05) is 20.8 Å². The van der Waals surface area contributed by atoms with Crippen molar-refractivity contribution in [2.45, 2.75) is 66.1 Å². The Labute approximate surface area is 148 Å². The standard InChI is InChI=1S/C20H28O5/c1-11-13(6-5-12-9-17(23)25-18(12)24)20(4)8-7-16(22)19(2,3)15(20)10-14(11)21/h9,11,13,15,18,24H,5-8,10H2,1-4H3/t11-,13+,15+,18?,20-/m1/s1. The predicted molar refractivity (Wildman–Crippen MR) is 91.3 cm³/mol. The minimum Gasteiger partial charge on any atom is -0.429 e. The van der Waals surface area contributed by atoms with Crippen LogP contribution in [0.3, 0.4) is 0 Å². The minimum absolute atomic E-state index is 0.0512. The summed E-state index contributed by atoms with van der Waals surface area (Å²) in [4.78, 5) is 36.4. The molecule has 0 bridgehead atoms. The fourth-order valence-corrected chi connectivity index (χ4v) is 5.55. The third kappa shape index (κ3) is 2.86. The average molecular weight is 348 g/mol. The molecule has 1 heterocycles. The number of rotatable bonds is 3. The Morgan fingerprint density at radius 1 is 1.24 bits per heavy atom. The third-order valence-corrected chi connectivity index (χ3v) is 7.23. The lowest BCUT2D eigenvalue weighted by Gasteiger charge is -2.57. The Kier molecular flexibility index (Phi) is 4.43. The number of esters is 1. The molecule has 0 radical (unpaired) electrons. The molecule has 0 aromatic carbocycles. The fourth-order valence-electron chi connectivity index (χ4n) is 5.55. The van der Waals surface area contributed by atoms with E-state index in [2.05, 4.69) is 6.92 Å². The molecule has 0 aromatic heterocycles. The van der Waals surface area contributed by atoms with Crippen molar-refractivity contribution in [1.29, 1.82) is 0 Å². The highest BCUT2D eigenvalue weighted by molar-refractivity contribution is 5.89. The Hall–Kier alpha value is -1.49. The third-order valence-electron chi connectivity index (χ3n) is 7.23. The lowest BCUT2D eigenvalue weighted by atomic mass is 9.45. The molecule has 1 unspecified atom stereocenters. The first-order chi connectivity index (χ1) is 11.6. The number of fused-ring (bicyclic) bond motifs is 1. The van der Waals surface area contributed by atoms with Crippen LogP contribution in [0.15, 0.2) is 11.6 Å². The number of carbonyl (C=O) groups is 3. The highest BCUT2D eigenvalue weighted by atomic mass is 16.6. The molecular formula is C20H28O5. The van der Waals surface area contributed by atoms with Crippen molar-refractivity contribution < 1.29 is 24.2 Å². The molecule has 2 aliphatic carbocycles. The van der Waals surface area contributed by atoms with Crippen molar-refractivity contribution in [3.05, 3.63) is 11.6 Å². The summed E-state index contributed by atoms with van der Waals surface area (Å²) >= 11 is 0. The van der Waals surface area contributed by atoms with Crippen LogP contribution in [0.1, 0.15) is 59.8 Å². The van der Waals surface area contributed by atoms with Crippen LogP contribution in [0, 0.1) is 28.6 Å². The first-order valence-electron chi connectivity index (χ1n) is 9.22. The van der Waals surface area contributed by atoms with Gasteiger partial charge in [0.15, 0.2) is 0 Å². The number of aliphatic hydroxyl groups is 1. The van der Waals surface area contributed by atoms with Gasteiger partial charge in [0.25, 0.3) is 0 Å². The molecule has 0 aromatic rings. The molecule has 2 saturated carbocycles. The van der Waals surface area contributed by atoms with E-state index in [1.165, 1.54) is 6.08 Å². The van der Waals surface area contributed by atoms with Crippen LogP contribution in [0.4, 0.5) is 0 Å². The highest BCUT2D eigenvalue weighted by Gasteiger charge is 2.58. The monoisotopic (exact) mass is 348 g/mol. The smallest absolute Gasteiger partial charge is 0.333 e. The molecule has 2 fully saturated rings. The number of aliphatic hydroxyl groups excluding tert-OH is 1. The van der Waals surface area contributed by atoms with Crippen molar-refractivity contribution in [3.8, 4) is 0 Å². The summed E-state index contributed by atoms with van der Waals surface area (Å²) < 4.78 is 4.75. The van der Waals surface area contributed by atoms with Crippen LogP contribution in [0.25, 0.3) is 0 Å². The van der Waals surface area contributed by atoms with Gasteiger partial charge in [0.1, 0.15) is 11.6 Å². The summed E-state index contributed by atoms with van der Waals surface area (Å²) in [5.74, 6) is 0.0857. The summed E-state index contributed by atoms with van der Waals surface area (Å²) in [7, 11) is 0. The quantitative estimate of drug-likeness (QED) is 0.793. The molecule has 1 aliphatic heterocycles. The van der Waals surface area contributed by atoms with Crippen molar-refractivity contribution in [3.63, 3.8) is 0 Å². The second kappa shape index (κ2) is 6.04. The first kappa shape index (κ1) is 18.3. The van der Waals surface area contributed by atoms with E-state index in [0.717, 1.165) is 6.42 Å². The van der Waals surface area contributed by atoms with Gasteiger partial charge in [0, 0.05) is 35.8 Å². The number of carbonyl (C=O) groups excluding carboxylic acids is 3. The van der Waals surface area contributed by atoms with Crippen LogP contribution in [0.2, 0.25) is 0 Å². The Morgan fingerprint density at radius 3 is 2.52 bits per heavy atom. The molecular weight excluding hydrogens is 320 g/mol. The van der Waals surface area contributed by atoms with Crippen molar-refractivity contribution >= 4 is 17.5 Å². The second-order valence-electron chi connectivity index (χ2n) is 8.82. The predicted octanol–water partition coefficient (Wildman–Crippen LogP) is 2.80. The van der Waals surface area contributed by atoms with Gasteiger partial charge in [-0.15, -0.1) is 0 Å². The molecule has 25 heavy (non-hydrogen) atoms. The molecule has 0 amide bonds. The fraction of sp³-hybridized carbons (Fsp3) is 0.750. The number of hydrogen-bond acceptors (Lipinski definition) is 5. The van der Waals surface area contributed by atoms with Crippen LogP contribution in [-0.4, -0.2) is 28.9 Å². The van der Waals surface area contributed by atoms with E-state index in [1.54, 1.807) is 0 Å². The maximum atomic E-state index is 12.7. The lowest BCUT2D eigenvalue weighted by Crippen LogP contribution is -2.56. The summed E-state index contributed by atoms with van der Waals surface area (Å²) in [6.45, 7) is 8.17. The van der Waals surface area contributed by atoms with Gasteiger partial charge in [-0.2, -0.15) is 0 Å². The van der Waals surface area contributed by atoms with Crippen LogP contribution < -0.4 is 0 Å². The molecule has 138 valence electrons. The van der Waals surface area contributed by atoms with E-state index >= 15 is 0 Å². The summed E-state index contributed by atoms with van der Waals surface area (Å²) in [6, 6.07) is 0. The van der Waals surface area contributed by atoms with E-state index in [0.29, 0.717) is 31.3 Å². The molecule has 3 aliphatic rings. The molecule has 0 saturated heterocycles. The zero-order valence-electron chi connectivity index (χ0n) is 15.5. The Morgan fingerprint density at radius 2 is 1.92 bits per heavy atom. The van der Waals surface area contributed by atoms with Crippen LogP contribution in [0.5, 0.6) is 0 Å². The Balaban J connectivity index is 1.86. The molecule has 5 heteroatoms. The number of ether oxygens (including phenoxy) is 1. The van der Waals surface area contributed by atoms with Gasteiger partial charge in [-0.1, -0.05) is 27.7 Å². The van der Waals surface area contributed by atoms with Gasteiger partial charge in [0.05, 0.1) is 0 Å². The lowest BCUT2D eigenvalue weighted by molar-refractivity contribution is -0.158. The van der Waals surface area contributed by atoms with Crippen LogP contribution >= 0.6 is 0 Å². The maximum Gasteiger partial charge on any atom is 0.333 e. The molecule has 1 N–H and O–H groups in total. The maximum absolute atomic E-state index is 12.7. The number of hydrogen-bond donors (Lipinski definition) is 1. The van der Waals surface area contributed by atoms with Crippen molar-refractivity contribution in [2.75, 3.05) is 0 Å². The van der Waals surface area contributed by atoms with Crippen LogP contribution in [-0.2, 0) is 19.1 Å². The van der Waals surface area contributed by atoms with E-state index in [-0.39, 0.29) is 34.7 Å². The molecule has 5 atom stereocenters. The van der Waals surface area contributed by atoms with E-state index < -0.39 is 17.7 Å². The SMILES string of the molecule is C[C@H]1C(=O)C[C@H]2C(C)(C)C(=O)CC[C@]2(C)[C@H]1CCC1=CC(=O)OC1O. The Bertz CT molecular complexity index is 646. The zero-order valence-corrected chi connectivity index (χ0v) is 15.5. The van der Waals surface area contributed by atoms with Gasteiger partial charge in [-0.05, 0) is 36.5 Å². The summed E-state index contributed by atoms with van der Waals surface area (Å²) in [5, 5.41) is 9.80. The highest BCUT2D eigenvalue weighted by Crippen LogP contribution is 2.60. The largest absolute Gasteiger partial charge is 0.429 e. The topological polar surface area (TPSA) is 80.7 Å². The van der Waals surface area contributed by atoms with E-state index in [9.17, 15) is 19.5 Å². The van der Waals surface area contributed by atoms with Gasteiger partial charge in [0.2, 0.25) is 6.29 Å². The molecule has 0 spiro atoms. The number of cyclic esters (lactones) is 1. The minimum atomic E-state index is -1.16. The van der Waals surface area contributed by atoms with Gasteiger partial charge in [-0.3, -0.25) is 9.59 Å². The summed E-state index contributed by atoms with van der Waals surface area (Å²) in [6.07, 6.45) is 3.28. The molecule has 5 nitrogen and oxygen atoms in total. The zero-order chi connectivity index (χ0) is 18.6. The first-order valence-corrected chi connectivity index (χ1v) is 9.22. The summed E-state index contributed by atoms with van der Waals surface area (Å²) in [5.41, 5.74) is 0.0212. The van der Waals surface area contributed by atoms with Crippen molar-refractivity contribution in [2.24, 2.45) is 28.6 Å². The van der Waals surface area contributed by atoms with Crippen molar-refractivity contribution in [1.82, 2.24) is 0 Å². The van der Waals surface area contributed by atoms with E-state index in [4.69, 9.17) is 4.74 Å². The van der Waals surface area contributed by atoms with Gasteiger partial charge in [-0.25, -0.2) is 4.79 Å². The van der Waals surface area contributed by atoms with Gasteiger partial charge >= 0.3 is 5.97 Å². The second-order valence-corrected chi connectivity index (χ2v) is 8.82. The number of ketones is 2. The van der Waals surface area contributed by atoms with Gasteiger partial charge < -0.3 is 9.84 Å². The molecule has 3 rings (SSSR count). The normalized spacial score (nSPS) is 40.5.